The van der Waals surface area contributed by atoms with Crippen molar-refractivity contribution in [2.45, 2.75) is 25.1 Å². The normalized spacial score (nSPS) is 18.3. The Bertz CT molecular complexity index is 1300. The van der Waals surface area contributed by atoms with Crippen LogP contribution in [-0.4, -0.2) is 36.7 Å². The number of carbonyl (C=O) groups is 1. The van der Waals surface area contributed by atoms with E-state index in [1.165, 1.54) is 17.0 Å². The van der Waals surface area contributed by atoms with E-state index in [0.717, 1.165) is 22.9 Å². The van der Waals surface area contributed by atoms with E-state index in [1.54, 1.807) is 12.1 Å². The van der Waals surface area contributed by atoms with E-state index in [9.17, 15) is 26.4 Å². The topological polar surface area (TPSA) is 106 Å². The van der Waals surface area contributed by atoms with Crippen molar-refractivity contribution in [1.82, 2.24) is 4.98 Å². The van der Waals surface area contributed by atoms with Gasteiger partial charge in [-0.25, -0.2) is 13.4 Å². The standard InChI is InChI=1S/C19H14F3N5O3S2/c1-32(29,30)25-11-4-2-10-3-5-15-17(28)26(18(31)27(15)16(10)6-11)12-7-13(19(20,21)22)14(8-23)24-9-12/h2,4,6-7,9,15,25H,3,5H2,1H3. The van der Waals surface area contributed by atoms with Gasteiger partial charge < -0.3 is 4.90 Å². The lowest BCUT2D eigenvalue weighted by Crippen LogP contribution is -2.39. The maximum atomic E-state index is 13.4. The molecule has 13 heteroatoms. The number of aryl methyl sites for hydroxylation is 1. The zero-order chi connectivity index (χ0) is 23.4. The number of carbonyl (C=O) groups excluding carboxylic acids is 1. The van der Waals surface area contributed by atoms with Crippen LogP contribution in [0, 0.1) is 11.3 Å². The molecule has 1 aromatic carbocycles. The summed E-state index contributed by atoms with van der Waals surface area (Å²) in [6.45, 7) is 0. The van der Waals surface area contributed by atoms with Gasteiger partial charge in [0.1, 0.15) is 12.1 Å². The summed E-state index contributed by atoms with van der Waals surface area (Å²) < 4.78 is 65.6. The van der Waals surface area contributed by atoms with Crippen molar-refractivity contribution in [3.8, 4) is 6.07 Å². The van der Waals surface area contributed by atoms with Crippen molar-refractivity contribution in [1.29, 1.82) is 5.26 Å². The molecule has 2 aliphatic heterocycles. The summed E-state index contributed by atoms with van der Waals surface area (Å²) in [6.07, 6.45) is -1.98. The number of aromatic nitrogens is 1. The number of nitrogens with zero attached hydrogens (tertiary/aromatic N) is 4. The number of hydrogen-bond acceptors (Lipinski definition) is 6. The first-order valence-electron chi connectivity index (χ1n) is 9.16. The Labute approximate surface area is 186 Å². The lowest BCUT2D eigenvalue weighted by Gasteiger charge is -2.31. The van der Waals surface area contributed by atoms with Crippen LogP contribution in [0.2, 0.25) is 0 Å². The van der Waals surface area contributed by atoms with Crippen molar-refractivity contribution in [2.75, 3.05) is 20.8 Å². The Morgan fingerprint density at radius 3 is 2.66 bits per heavy atom. The third kappa shape index (κ3) is 3.76. The average molecular weight is 481 g/mol. The van der Waals surface area contributed by atoms with Gasteiger partial charge in [0, 0.05) is 5.69 Å². The number of halogens is 3. The number of nitriles is 1. The van der Waals surface area contributed by atoms with Gasteiger partial charge in [0.25, 0.3) is 5.91 Å². The van der Waals surface area contributed by atoms with Gasteiger partial charge in [-0.05, 0) is 48.8 Å². The third-order valence-electron chi connectivity index (χ3n) is 5.09. The van der Waals surface area contributed by atoms with Gasteiger partial charge in [-0.15, -0.1) is 0 Å². The first kappa shape index (κ1) is 22.0. The highest BCUT2D eigenvalue weighted by molar-refractivity contribution is 7.92. The van der Waals surface area contributed by atoms with Gasteiger partial charge in [0.15, 0.2) is 10.8 Å². The summed E-state index contributed by atoms with van der Waals surface area (Å²) in [5, 5.41) is 8.89. The minimum atomic E-state index is -4.84. The van der Waals surface area contributed by atoms with Crippen LogP contribution in [0.3, 0.4) is 0 Å². The molecule has 4 rings (SSSR count). The van der Waals surface area contributed by atoms with E-state index in [2.05, 4.69) is 9.71 Å². The first-order valence-corrected chi connectivity index (χ1v) is 11.5. The molecule has 1 N–H and O–H groups in total. The summed E-state index contributed by atoms with van der Waals surface area (Å²) >= 11 is 5.44. The number of fused-ring (bicyclic) bond motifs is 3. The molecule has 2 aromatic rings. The molecule has 0 aliphatic carbocycles. The van der Waals surface area contributed by atoms with E-state index < -0.39 is 39.4 Å². The van der Waals surface area contributed by atoms with E-state index in [1.807, 2.05) is 0 Å². The number of pyridine rings is 1. The van der Waals surface area contributed by atoms with E-state index in [0.29, 0.717) is 24.6 Å². The van der Waals surface area contributed by atoms with Crippen molar-refractivity contribution in [3.63, 3.8) is 0 Å². The number of benzene rings is 1. The number of thiocarbonyl (C=S) groups is 1. The maximum absolute atomic E-state index is 13.4. The number of amides is 1. The minimum Gasteiger partial charge on any atom is -0.305 e. The predicted octanol–water partition coefficient (Wildman–Crippen LogP) is 2.80. The summed E-state index contributed by atoms with van der Waals surface area (Å²) in [5.41, 5.74) is -0.705. The molecule has 2 aliphatic rings. The van der Waals surface area contributed by atoms with Gasteiger partial charge in [0.05, 0.1) is 29.4 Å². The van der Waals surface area contributed by atoms with E-state index in [-0.39, 0.29) is 16.5 Å². The van der Waals surface area contributed by atoms with Crippen molar-refractivity contribution in [3.05, 3.63) is 47.3 Å². The highest BCUT2D eigenvalue weighted by atomic mass is 32.2. The van der Waals surface area contributed by atoms with Crippen LogP contribution < -0.4 is 14.5 Å². The summed E-state index contributed by atoms with van der Waals surface area (Å²) in [5.74, 6) is -0.526. The molecular weight excluding hydrogens is 467 g/mol. The average Bonchev–Trinajstić information content (AvgIpc) is 2.96. The number of rotatable bonds is 3. The lowest BCUT2D eigenvalue weighted by atomic mass is 9.96. The Morgan fingerprint density at radius 1 is 1.31 bits per heavy atom. The largest absolute Gasteiger partial charge is 0.419 e. The van der Waals surface area contributed by atoms with Crippen LogP contribution >= 0.6 is 12.2 Å². The Balaban J connectivity index is 1.77. The second-order valence-corrected chi connectivity index (χ2v) is 9.41. The van der Waals surface area contributed by atoms with Crippen LogP contribution in [0.5, 0.6) is 0 Å². The molecule has 8 nitrogen and oxygen atoms in total. The Morgan fingerprint density at radius 2 is 2.03 bits per heavy atom. The molecule has 1 atom stereocenters. The molecule has 1 saturated heterocycles. The second kappa shape index (κ2) is 7.42. The molecule has 0 spiro atoms. The van der Waals surface area contributed by atoms with Crippen LogP contribution in [0.4, 0.5) is 30.2 Å². The van der Waals surface area contributed by atoms with E-state index in [4.69, 9.17) is 17.5 Å². The van der Waals surface area contributed by atoms with Crippen molar-refractivity contribution >= 4 is 50.3 Å². The molecule has 1 amide bonds. The summed E-state index contributed by atoms with van der Waals surface area (Å²) in [7, 11) is -3.55. The van der Waals surface area contributed by atoms with Crippen LogP contribution in [0.15, 0.2) is 30.5 Å². The van der Waals surface area contributed by atoms with Crippen molar-refractivity contribution < 1.29 is 26.4 Å². The molecular formula is C19H14F3N5O3S2. The first-order chi connectivity index (χ1) is 14.9. The van der Waals surface area contributed by atoms with Gasteiger partial charge in [-0.2, -0.15) is 18.4 Å². The van der Waals surface area contributed by atoms with Gasteiger partial charge in [-0.3, -0.25) is 14.4 Å². The molecule has 0 saturated carbocycles. The number of sulfonamides is 1. The Kier molecular flexibility index (Phi) is 5.09. The number of alkyl halides is 3. The lowest BCUT2D eigenvalue weighted by molar-refractivity contribution is -0.138. The SMILES string of the molecule is CS(=O)(=O)Nc1ccc2c(c1)N1C(=S)N(c3cnc(C#N)c(C(F)(F)F)c3)C(=O)C1CC2. The highest BCUT2D eigenvalue weighted by Crippen LogP contribution is 2.40. The minimum absolute atomic E-state index is 0.0583. The number of anilines is 3. The fourth-order valence-corrected chi connectivity index (χ4v) is 4.78. The fraction of sp³-hybridized carbons (Fsp3) is 0.263. The van der Waals surface area contributed by atoms with E-state index >= 15 is 0 Å². The van der Waals surface area contributed by atoms with Gasteiger partial charge >= 0.3 is 6.18 Å². The molecule has 1 aromatic heterocycles. The van der Waals surface area contributed by atoms with Crippen LogP contribution in [0.1, 0.15) is 23.2 Å². The smallest absolute Gasteiger partial charge is 0.305 e. The quantitative estimate of drug-likeness (QED) is 0.672. The number of nitrogens with one attached hydrogen (secondary N) is 1. The second-order valence-electron chi connectivity index (χ2n) is 7.30. The molecule has 0 radical (unpaired) electrons. The summed E-state index contributed by atoms with van der Waals surface area (Å²) in [6, 6.07) is 6.14. The molecule has 3 heterocycles. The van der Waals surface area contributed by atoms with Crippen LogP contribution in [0.25, 0.3) is 0 Å². The molecule has 0 bridgehead atoms. The molecule has 32 heavy (non-hydrogen) atoms. The fourth-order valence-electron chi connectivity index (χ4n) is 3.81. The Hall–Kier alpha value is -3.24. The number of hydrogen-bond donors (Lipinski definition) is 1. The molecule has 166 valence electrons. The van der Waals surface area contributed by atoms with Gasteiger partial charge in [-0.1, -0.05) is 6.07 Å². The van der Waals surface area contributed by atoms with Gasteiger partial charge in [0.2, 0.25) is 10.0 Å². The molecule has 1 fully saturated rings. The maximum Gasteiger partial charge on any atom is 0.419 e. The third-order valence-corrected chi connectivity index (χ3v) is 6.08. The zero-order valence-electron chi connectivity index (χ0n) is 16.3. The van der Waals surface area contributed by atoms with Crippen molar-refractivity contribution in [2.24, 2.45) is 0 Å². The monoisotopic (exact) mass is 481 g/mol. The highest BCUT2D eigenvalue weighted by Gasteiger charge is 2.47. The molecule has 1 unspecified atom stereocenters. The van der Waals surface area contributed by atoms with Crippen LogP contribution in [-0.2, 0) is 27.4 Å². The predicted molar refractivity (Wildman–Crippen MR) is 114 cm³/mol. The zero-order valence-corrected chi connectivity index (χ0v) is 18.0. The summed E-state index contributed by atoms with van der Waals surface area (Å²) in [4.78, 5) is 19.1.